The first-order chi connectivity index (χ1) is 4.79. The Labute approximate surface area is 84.9 Å². The van der Waals surface area contributed by atoms with E-state index in [2.05, 4.69) is 10.2 Å². The predicted molar refractivity (Wildman–Crippen MR) is 55.1 cm³/mol. The van der Waals surface area contributed by atoms with E-state index in [-0.39, 0.29) is 30.9 Å². The highest BCUT2D eigenvalue weighted by molar-refractivity contribution is 5.85. The number of H-pyrrole nitrogens is 1. The third-order valence-electron chi connectivity index (χ3n) is 1.44. The molecule has 0 bridgehead atoms. The maximum absolute atomic E-state index is 5.58. The van der Waals surface area contributed by atoms with E-state index in [9.17, 15) is 0 Å². The van der Waals surface area contributed by atoms with Crippen LogP contribution in [-0.4, -0.2) is 16.2 Å². The van der Waals surface area contributed by atoms with Gasteiger partial charge in [0.1, 0.15) is 0 Å². The monoisotopic (exact) mass is 211 g/mol. The van der Waals surface area contributed by atoms with Crippen LogP contribution < -0.4 is 5.73 Å². The summed E-state index contributed by atoms with van der Waals surface area (Å²) in [5.74, 6) is 0. The van der Waals surface area contributed by atoms with E-state index in [0.29, 0.717) is 0 Å². The summed E-state index contributed by atoms with van der Waals surface area (Å²) in [4.78, 5) is 0. The van der Waals surface area contributed by atoms with Gasteiger partial charge in [-0.3, -0.25) is 5.10 Å². The van der Waals surface area contributed by atoms with Crippen LogP contribution in [0.2, 0.25) is 0 Å². The van der Waals surface area contributed by atoms with Crippen molar-refractivity contribution in [3.63, 3.8) is 0 Å². The zero-order valence-electron chi connectivity index (χ0n) is 6.99. The first-order valence-corrected chi connectivity index (χ1v) is 3.52. The molecule has 72 valence electrons. The number of nitrogens with two attached hydrogens (primary N) is 1. The molecule has 0 spiro atoms. The van der Waals surface area contributed by atoms with Gasteiger partial charge < -0.3 is 5.73 Å². The van der Waals surface area contributed by atoms with E-state index in [4.69, 9.17) is 5.73 Å². The van der Waals surface area contributed by atoms with E-state index in [1.54, 1.807) is 0 Å². The number of nitrogens with one attached hydrogen (secondary N) is 1. The van der Waals surface area contributed by atoms with E-state index in [1.165, 1.54) is 5.56 Å². The van der Waals surface area contributed by atoms with Crippen LogP contribution in [0.15, 0.2) is 12.4 Å². The molecule has 0 aromatic carbocycles. The Kier molecular flexibility index (Phi) is 8.81. The van der Waals surface area contributed by atoms with E-state index in [0.717, 1.165) is 12.8 Å². The van der Waals surface area contributed by atoms with Crippen LogP contribution in [0.4, 0.5) is 0 Å². The standard InChI is InChI=1S/C7H13N3.2ClH/c1-6(8)2-3-7-4-9-10-5-7;;/h4-6H,2-3,8H2,1H3,(H,9,10);2*1H. The minimum absolute atomic E-state index is 0. The molecule has 5 heteroatoms. The second-order valence-electron chi connectivity index (χ2n) is 2.62. The molecule has 1 rings (SSSR count). The molecule has 0 amide bonds. The molecule has 12 heavy (non-hydrogen) atoms. The van der Waals surface area contributed by atoms with Gasteiger partial charge in [-0.25, -0.2) is 0 Å². The van der Waals surface area contributed by atoms with Gasteiger partial charge in [0, 0.05) is 12.2 Å². The maximum Gasteiger partial charge on any atom is 0.0519 e. The Morgan fingerprint density at radius 2 is 2.25 bits per heavy atom. The van der Waals surface area contributed by atoms with Crippen molar-refractivity contribution in [1.82, 2.24) is 10.2 Å². The van der Waals surface area contributed by atoms with Gasteiger partial charge in [0.15, 0.2) is 0 Å². The van der Waals surface area contributed by atoms with Crippen molar-refractivity contribution in [1.29, 1.82) is 0 Å². The molecule has 3 N–H and O–H groups in total. The second kappa shape index (κ2) is 7.40. The molecule has 0 saturated heterocycles. The fraction of sp³-hybridized carbons (Fsp3) is 0.571. The van der Waals surface area contributed by atoms with Gasteiger partial charge in [-0.05, 0) is 25.3 Å². The summed E-state index contributed by atoms with van der Waals surface area (Å²) in [7, 11) is 0. The first-order valence-electron chi connectivity index (χ1n) is 3.52. The molecule has 1 unspecified atom stereocenters. The Hall–Kier alpha value is -0.250. The lowest BCUT2D eigenvalue weighted by Gasteiger charge is -2.00. The lowest BCUT2D eigenvalue weighted by atomic mass is 10.1. The van der Waals surface area contributed by atoms with Crippen LogP contribution >= 0.6 is 24.8 Å². The molecule has 0 radical (unpaired) electrons. The molecule has 0 saturated carbocycles. The number of aryl methyl sites for hydroxylation is 1. The van der Waals surface area contributed by atoms with Crippen molar-refractivity contribution < 1.29 is 0 Å². The number of aromatic nitrogens is 2. The number of hydrogen-bond donors (Lipinski definition) is 2. The SMILES string of the molecule is CC(N)CCc1cn[nH]c1.Cl.Cl. The van der Waals surface area contributed by atoms with Crippen molar-refractivity contribution in [3.05, 3.63) is 18.0 Å². The van der Waals surface area contributed by atoms with Crippen molar-refractivity contribution >= 4 is 24.8 Å². The summed E-state index contributed by atoms with van der Waals surface area (Å²) in [5, 5.41) is 6.60. The highest BCUT2D eigenvalue weighted by Crippen LogP contribution is 1.99. The fourth-order valence-corrected chi connectivity index (χ4v) is 0.809. The Balaban J connectivity index is 0. The van der Waals surface area contributed by atoms with Gasteiger partial charge in [0.25, 0.3) is 0 Å². The summed E-state index contributed by atoms with van der Waals surface area (Å²) in [5.41, 5.74) is 6.81. The molecule has 1 heterocycles. The van der Waals surface area contributed by atoms with Crippen LogP contribution in [0, 0.1) is 0 Å². The van der Waals surface area contributed by atoms with Crippen LogP contribution in [0.3, 0.4) is 0 Å². The molecule has 1 aromatic heterocycles. The molecule has 0 fully saturated rings. The van der Waals surface area contributed by atoms with Crippen LogP contribution in [0.5, 0.6) is 0 Å². The van der Waals surface area contributed by atoms with Gasteiger partial charge in [-0.2, -0.15) is 5.10 Å². The largest absolute Gasteiger partial charge is 0.328 e. The number of rotatable bonds is 3. The zero-order valence-corrected chi connectivity index (χ0v) is 8.62. The summed E-state index contributed by atoms with van der Waals surface area (Å²) < 4.78 is 0. The smallest absolute Gasteiger partial charge is 0.0519 e. The third-order valence-corrected chi connectivity index (χ3v) is 1.44. The minimum atomic E-state index is 0. The van der Waals surface area contributed by atoms with E-state index in [1.807, 2.05) is 19.3 Å². The molecule has 0 aliphatic rings. The van der Waals surface area contributed by atoms with Crippen LogP contribution in [0.25, 0.3) is 0 Å². The normalized spacial score (nSPS) is 11.2. The summed E-state index contributed by atoms with van der Waals surface area (Å²) in [6, 6.07) is 0.287. The summed E-state index contributed by atoms with van der Waals surface area (Å²) in [6.07, 6.45) is 5.79. The molecular formula is C7H15Cl2N3. The van der Waals surface area contributed by atoms with Gasteiger partial charge in [-0.1, -0.05) is 0 Å². The maximum atomic E-state index is 5.58. The average molecular weight is 212 g/mol. The Bertz CT molecular complexity index is 175. The summed E-state index contributed by atoms with van der Waals surface area (Å²) >= 11 is 0. The highest BCUT2D eigenvalue weighted by Gasteiger charge is 1.96. The van der Waals surface area contributed by atoms with E-state index < -0.39 is 0 Å². The quantitative estimate of drug-likeness (QED) is 0.798. The number of nitrogens with zero attached hydrogens (tertiary/aromatic N) is 1. The van der Waals surface area contributed by atoms with Crippen molar-refractivity contribution in [2.75, 3.05) is 0 Å². The Morgan fingerprint density at radius 1 is 1.58 bits per heavy atom. The van der Waals surface area contributed by atoms with Gasteiger partial charge in [0.2, 0.25) is 0 Å². The predicted octanol–water partition coefficient (Wildman–Crippen LogP) is 1.53. The second-order valence-corrected chi connectivity index (χ2v) is 2.62. The molecule has 1 aromatic rings. The molecular weight excluding hydrogens is 197 g/mol. The molecule has 0 aliphatic carbocycles. The molecule has 1 atom stereocenters. The van der Waals surface area contributed by atoms with Crippen molar-refractivity contribution in [2.24, 2.45) is 5.73 Å². The molecule has 0 aliphatic heterocycles. The van der Waals surface area contributed by atoms with Crippen LogP contribution in [0.1, 0.15) is 18.9 Å². The van der Waals surface area contributed by atoms with Crippen LogP contribution in [-0.2, 0) is 6.42 Å². The van der Waals surface area contributed by atoms with Gasteiger partial charge in [0.05, 0.1) is 6.20 Å². The molecule has 3 nitrogen and oxygen atoms in total. The number of aromatic amines is 1. The lowest BCUT2D eigenvalue weighted by Crippen LogP contribution is -2.15. The third kappa shape index (κ3) is 5.41. The minimum Gasteiger partial charge on any atom is -0.328 e. The topological polar surface area (TPSA) is 54.7 Å². The number of hydrogen-bond acceptors (Lipinski definition) is 2. The zero-order chi connectivity index (χ0) is 7.40. The average Bonchev–Trinajstić information content (AvgIpc) is 2.34. The summed E-state index contributed by atoms with van der Waals surface area (Å²) in [6.45, 7) is 2.01. The van der Waals surface area contributed by atoms with Gasteiger partial charge >= 0.3 is 0 Å². The van der Waals surface area contributed by atoms with Crippen molar-refractivity contribution in [2.45, 2.75) is 25.8 Å². The van der Waals surface area contributed by atoms with E-state index >= 15 is 0 Å². The van der Waals surface area contributed by atoms with Gasteiger partial charge in [-0.15, -0.1) is 24.8 Å². The lowest BCUT2D eigenvalue weighted by molar-refractivity contribution is 0.666. The van der Waals surface area contributed by atoms with Crippen molar-refractivity contribution in [3.8, 4) is 0 Å². The number of halogens is 2. The highest BCUT2D eigenvalue weighted by atomic mass is 35.5. The first kappa shape index (κ1) is 14.3. The Morgan fingerprint density at radius 3 is 2.67 bits per heavy atom. The fourth-order valence-electron chi connectivity index (χ4n) is 0.809.